The Hall–Kier alpha value is -2.64. The third-order valence-electron chi connectivity index (χ3n) is 5.81. The van der Waals surface area contributed by atoms with Crippen LogP contribution in [0.1, 0.15) is 23.2 Å². The van der Waals surface area contributed by atoms with Gasteiger partial charge in [0.2, 0.25) is 0 Å². The van der Waals surface area contributed by atoms with Gasteiger partial charge in [-0.05, 0) is 37.1 Å². The lowest BCUT2D eigenvalue weighted by atomic mass is 10.0. The maximum Gasteiger partial charge on any atom is 0.253 e. The van der Waals surface area contributed by atoms with Gasteiger partial charge in [0.15, 0.2) is 5.13 Å². The summed E-state index contributed by atoms with van der Waals surface area (Å²) in [6.45, 7) is 4.82. The lowest BCUT2D eigenvalue weighted by Gasteiger charge is -2.34. The number of ether oxygens (including phenoxy) is 1. The van der Waals surface area contributed by atoms with Crippen molar-refractivity contribution < 1.29 is 9.53 Å². The van der Waals surface area contributed by atoms with Gasteiger partial charge < -0.3 is 19.9 Å². The van der Waals surface area contributed by atoms with E-state index < -0.39 is 0 Å². The molecule has 0 aliphatic carbocycles. The minimum Gasteiger partial charge on any atom is -0.378 e. The molecular weight excluding hydrogens is 396 g/mol. The SMILES string of the molecule is O=C(NC1CCCN(c2nc3ccccc3s2)C1)c1ccccc1N1CCOCC1. The van der Waals surface area contributed by atoms with Crippen LogP contribution in [0.25, 0.3) is 10.2 Å². The fourth-order valence-electron chi connectivity index (χ4n) is 4.27. The topological polar surface area (TPSA) is 57.7 Å². The van der Waals surface area contributed by atoms with Crippen LogP contribution in [0.4, 0.5) is 10.8 Å². The molecule has 2 saturated heterocycles. The highest BCUT2D eigenvalue weighted by Gasteiger charge is 2.25. The van der Waals surface area contributed by atoms with Crippen molar-refractivity contribution in [1.29, 1.82) is 0 Å². The number of fused-ring (bicyclic) bond motifs is 1. The highest BCUT2D eigenvalue weighted by molar-refractivity contribution is 7.22. The van der Waals surface area contributed by atoms with Crippen LogP contribution in [-0.4, -0.2) is 56.3 Å². The van der Waals surface area contributed by atoms with Crippen LogP contribution in [0.3, 0.4) is 0 Å². The van der Waals surface area contributed by atoms with E-state index in [-0.39, 0.29) is 11.9 Å². The van der Waals surface area contributed by atoms with Crippen molar-refractivity contribution >= 4 is 38.3 Å². The second-order valence-corrected chi connectivity index (χ2v) is 8.85. The summed E-state index contributed by atoms with van der Waals surface area (Å²) in [6.07, 6.45) is 2.04. The second kappa shape index (κ2) is 8.62. The summed E-state index contributed by atoms with van der Waals surface area (Å²) < 4.78 is 6.67. The molecule has 5 rings (SSSR count). The number of aromatic nitrogens is 1. The summed E-state index contributed by atoms with van der Waals surface area (Å²) in [5.41, 5.74) is 2.79. The van der Waals surface area contributed by atoms with Gasteiger partial charge in [-0.25, -0.2) is 4.98 Å². The molecular formula is C23H26N4O2S. The van der Waals surface area contributed by atoms with E-state index in [1.165, 1.54) is 4.70 Å². The van der Waals surface area contributed by atoms with Crippen LogP contribution in [0, 0.1) is 0 Å². The number of carbonyl (C=O) groups is 1. The van der Waals surface area contributed by atoms with Gasteiger partial charge in [0.05, 0.1) is 29.0 Å². The Morgan fingerprint density at radius 3 is 2.70 bits per heavy atom. The van der Waals surface area contributed by atoms with Crippen LogP contribution in [0.15, 0.2) is 48.5 Å². The molecule has 2 aromatic carbocycles. The van der Waals surface area contributed by atoms with E-state index in [0.717, 1.165) is 60.9 Å². The zero-order valence-electron chi connectivity index (χ0n) is 16.9. The van der Waals surface area contributed by atoms with E-state index in [2.05, 4.69) is 33.3 Å². The molecule has 30 heavy (non-hydrogen) atoms. The van der Waals surface area contributed by atoms with Gasteiger partial charge in [0.25, 0.3) is 5.91 Å². The van der Waals surface area contributed by atoms with Crippen molar-refractivity contribution in [2.75, 3.05) is 49.2 Å². The molecule has 2 fully saturated rings. The van der Waals surface area contributed by atoms with Gasteiger partial charge in [-0.1, -0.05) is 35.6 Å². The fraction of sp³-hybridized carbons (Fsp3) is 0.391. The van der Waals surface area contributed by atoms with E-state index in [1.54, 1.807) is 11.3 Å². The third-order valence-corrected chi connectivity index (χ3v) is 6.91. The highest BCUT2D eigenvalue weighted by atomic mass is 32.1. The number of nitrogens with one attached hydrogen (secondary N) is 1. The van der Waals surface area contributed by atoms with E-state index >= 15 is 0 Å². The molecule has 6 nitrogen and oxygen atoms in total. The predicted molar refractivity (Wildman–Crippen MR) is 122 cm³/mol. The van der Waals surface area contributed by atoms with Crippen molar-refractivity contribution in [2.45, 2.75) is 18.9 Å². The van der Waals surface area contributed by atoms with Gasteiger partial charge in [0, 0.05) is 37.9 Å². The minimum atomic E-state index is 0.00763. The van der Waals surface area contributed by atoms with Crippen LogP contribution in [0.5, 0.6) is 0 Å². The first-order valence-electron chi connectivity index (χ1n) is 10.6. The Morgan fingerprint density at radius 1 is 1.03 bits per heavy atom. The fourth-order valence-corrected chi connectivity index (χ4v) is 5.27. The zero-order chi connectivity index (χ0) is 20.3. The zero-order valence-corrected chi connectivity index (χ0v) is 17.7. The first-order valence-corrected chi connectivity index (χ1v) is 11.4. The van der Waals surface area contributed by atoms with Crippen molar-refractivity contribution in [3.8, 4) is 0 Å². The standard InChI is InChI=1S/C23H26N4O2S/c28-22(18-7-1-3-9-20(18)26-12-14-29-15-13-26)24-17-6-5-11-27(16-17)23-25-19-8-2-4-10-21(19)30-23/h1-4,7-10,17H,5-6,11-16H2,(H,24,28). The van der Waals surface area contributed by atoms with Crippen LogP contribution >= 0.6 is 11.3 Å². The van der Waals surface area contributed by atoms with Crippen molar-refractivity contribution in [3.63, 3.8) is 0 Å². The summed E-state index contributed by atoms with van der Waals surface area (Å²) in [5, 5.41) is 4.33. The molecule has 2 aliphatic rings. The molecule has 156 valence electrons. The van der Waals surface area contributed by atoms with Gasteiger partial charge in [-0.15, -0.1) is 0 Å². The molecule has 7 heteroatoms. The number of para-hydroxylation sites is 2. The summed E-state index contributed by atoms with van der Waals surface area (Å²) in [7, 11) is 0. The molecule has 0 bridgehead atoms. The third kappa shape index (κ3) is 4.00. The number of hydrogen-bond acceptors (Lipinski definition) is 6. The van der Waals surface area contributed by atoms with Crippen molar-refractivity contribution in [1.82, 2.24) is 10.3 Å². The number of anilines is 2. The summed E-state index contributed by atoms with van der Waals surface area (Å²) in [5.74, 6) is 0.00763. The minimum absolute atomic E-state index is 0.00763. The summed E-state index contributed by atoms with van der Waals surface area (Å²) >= 11 is 1.73. The maximum atomic E-state index is 13.2. The monoisotopic (exact) mass is 422 g/mol. The van der Waals surface area contributed by atoms with Crippen molar-refractivity contribution in [3.05, 3.63) is 54.1 Å². The number of carbonyl (C=O) groups excluding carboxylic acids is 1. The highest BCUT2D eigenvalue weighted by Crippen LogP contribution is 2.30. The predicted octanol–water partition coefficient (Wildman–Crippen LogP) is 3.53. The normalized spacial score (nSPS) is 19.8. The molecule has 1 N–H and O–H groups in total. The van der Waals surface area contributed by atoms with E-state index in [4.69, 9.17) is 9.72 Å². The van der Waals surface area contributed by atoms with Gasteiger partial charge >= 0.3 is 0 Å². The number of piperidine rings is 1. The second-order valence-electron chi connectivity index (χ2n) is 7.84. The number of morpholine rings is 1. The van der Waals surface area contributed by atoms with E-state index in [9.17, 15) is 4.79 Å². The molecule has 0 spiro atoms. The average molecular weight is 423 g/mol. The Labute approximate surface area is 180 Å². The maximum absolute atomic E-state index is 13.2. The first kappa shape index (κ1) is 19.3. The average Bonchev–Trinajstić information content (AvgIpc) is 3.24. The Kier molecular flexibility index (Phi) is 5.55. The van der Waals surface area contributed by atoms with Crippen LogP contribution in [0.2, 0.25) is 0 Å². The number of thiazole rings is 1. The van der Waals surface area contributed by atoms with Crippen molar-refractivity contribution in [2.24, 2.45) is 0 Å². The molecule has 3 heterocycles. The summed E-state index contributed by atoms with van der Waals surface area (Å²) in [4.78, 5) is 22.5. The van der Waals surface area contributed by atoms with E-state index in [1.807, 2.05) is 30.3 Å². The number of benzene rings is 2. The lowest BCUT2D eigenvalue weighted by Crippen LogP contribution is -2.48. The summed E-state index contributed by atoms with van der Waals surface area (Å²) in [6, 6.07) is 16.3. The molecule has 1 amide bonds. The Balaban J connectivity index is 1.29. The molecule has 3 aromatic rings. The van der Waals surface area contributed by atoms with Crippen LogP contribution < -0.4 is 15.1 Å². The van der Waals surface area contributed by atoms with Crippen LogP contribution in [-0.2, 0) is 4.74 Å². The van der Waals surface area contributed by atoms with Gasteiger partial charge in [-0.3, -0.25) is 4.79 Å². The largest absolute Gasteiger partial charge is 0.378 e. The molecule has 0 radical (unpaired) electrons. The van der Waals surface area contributed by atoms with Gasteiger partial charge in [0.1, 0.15) is 0 Å². The molecule has 1 aromatic heterocycles. The molecule has 1 unspecified atom stereocenters. The van der Waals surface area contributed by atoms with E-state index in [0.29, 0.717) is 13.2 Å². The number of rotatable bonds is 4. The number of hydrogen-bond donors (Lipinski definition) is 1. The molecule has 0 saturated carbocycles. The number of nitrogens with zero attached hydrogens (tertiary/aromatic N) is 3. The quantitative estimate of drug-likeness (QED) is 0.697. The smallest absolute Gasteiger partial charge is 0.253 e. The Morgan fingerprint density at radius 2 is 1.83 bits per heavy atom. The number of amides is 1. The molecule has 1 atom stereocenters. The first-order chi connectivity index (χ1) is 14.8. The van der Waals surface area contributed by atoms with Gasteiger partial charge in [-0.2, -0.15) is 0 Å². The molecule has 2 aliphatic heterocycles. The Bertz CT molecular complexity index is 998. The lowest BCUT2D eigenvalue weighted by molar-refractivity contribution is 0.0932.